The number of rotatable bonds is 0. The molecule has 0 bridgehead atoms. The summed E-state index contributed by atoms with van der Waals surface area (Å²) in [5, 5.41) is 0.817. The Morgan fingerprint density at radius 3 is 3.09 bits per heavy atom. The fourth-order valence-corrected chi connectivity index (χ4v) is 1.81. The molecule has 0 spiro atoms. The van der Waals surface area contributed by atoms with Gasteiger partial charge in [0, 0.05) is 11.1 Å². The van der Waals surface area contributed by atoms with Gasteiger partial charge in [-0.3, -0.25) is 0 Å². The molecule has 2 heteroatoms. The molecule has 0 aliphatic heterocycles. The molecule has 0 saturated heterocycles. The summed E-state index contributed by atoms with van der Waals surface area (Å²) < 4.78 is 0. The van der Waals surface area contributed by atoms with Crippen LogP contribution in [0.25, 0.3) is 0 Å². The van der Waals surface area contributed by atoms with E-state index < -0.39 is 0 Å². The second kappa shape index (κ2) is 2.50. The van der Waals surface area contributed by atoms with Crippen molar-refractivity contribution in [3.8, 4) is 0 Å². The van der Waals surface area contributed by atoms with Crippen molar-refractivity contribution in [2.45, 2.75) is 18.9 Å². The lowest BCUT2D eigenvalue weighted by Crippen LogP contribution is -2.04. The first-order valence-corrected chi connectivity index (χ1v) is 4.19. The zero-order chi connectivity index (χ0) is 7.84. The maximum atomic E-state index is 5.85. The summed E-state index contributed by atoms with van der Waals surface area (Å²) in [5.41, 5.74) is 8.45. The highest BCUT2D eigenvalue weighted by molar-refractivity contribution is 6.30. The van der Waals surface area contributed by atoms with Crippen LogP contribution in [0.1, 0.15) is 23.6 Å². The van der Waals surface area contributed by atoms with Crippen molar-refractivity contribution in [1.29, 1.82) is 0 Å². The molecule has 1 nitrogen and oxygen atoms in total. The Labute approximate surface area is 71.2 Å². The van der Waals surface area contributed by atoms with E-state index in [-0.39, 0.29) is 6.04 Å². The average molecular weight is 168 g/mol. The minimum atomic E-state index is 0.238. The van der Waals surface area contributed by atoms with E-state index in [4.69, 9.17) is 17.3 Å². The van der Waals surface area contributed by atoms with E-state index >= 15 is 0 Å². The first-order valence-electron chi connectivity index (χ1n) is 3.81. The van der Waals surface area contributed by atoms with Crippen LogP contribution in [-0.2, 0) is 6.42 Å². The number of hydrogen-bond donors (Lipinski definition) is 1. The van der Waals surface area contributed by atoms with Crippen molar-refractivity contribution in [3.63, 3.8) is 0 Å². The van der Waals surface area contributed by atoms with Crippen LogP contribution in [0.4, 0.5) is 0 Å². The van der Waals surface area contributed by atoms with Crippen LogP contribution < -0.4 is 5.73 Å². The second-order valence-electron chi connectivity index (χ2n) is 2.99. The first kappa shape index (κ1) is 7.14. The molecule has 1 aliphatic carbocycles. The number of aryl methyl sites for hydroxylation is 1. The third kappa shape index (κ3) is 1.15. The Hall–Kier alpha value is -0.530. The van der Waals surface area contributed by atoms with Crippen LogP contribution in [0.3, 0.4) is 0 Å². The predicted octanol–water partition coefficient (Wildman–Crippen LogP) is 2.29. The fourth-order valence-electron chi connectivity index (χ4n) is 1.62. The van der Waals surface area contributed by atoms with E-state index in [9.17, 15) is 0 Å². The minimum Gasteiger partial charge on any atom is -0.324 e. The van der Waals surface area contributed by atoms with Crippen LogP contribution in [-0.4, -0.2) is 0 Å². The Bertz CT molecular complexity index is 283. The average Bonchev–Trinajstić information content (AvgIpc) is 2.32. The molecule has 1 aromatic carbocycles. The molecular weight excluding hydrogens is 158 g/mol. The van der Waals surface area contributed by atoms with Gasteiger partial charge in [0.1, 0.15) is 0 Å². The summed E-state index contributed by atoms with van der Waals surface area (Å²) in [6.07, 6.45) is 2.15. The lowest BCUT2D eigenvalue weighted by Gasteiger charge is -2.03. The van der Waals surface area contributed by atoms with Crippen molar-refractivity contribution >= 4 is 11.6 Å². The third-order valence-electron chi connectivity index (χ3n) is 2.23. The highest BCUT2D eigenvalue weighted by Crippen LogP contribution is 2.30. The quantitative estimate of drug-likeness (QED) is 0.631. The van der Waals surface area contributed by atoms with Gasteiger partial charge in [0.15, 0.2) is 0 Å². The van der Waals surface area contributed by atoms with Gasteiger partial charge in [-0.15, -0.1) is 0 Å². The molecular formula is C9H10ClN. The van der Waals surface area contributed by atoms with Gasteiger partial charge in [-0.2, -0.15) is 0 Å². The van der Waals surface area contributed by atoms with Crippen molar-refractivity contribution in [2.24, 2.45) is 5.73 Å². The maximum absolute atomic E-state index is 5.85. The standard InChI is InChI=1S/C9H10ClN/c10-7-2-3-8-6(5-7)1-4-9(8)11/h2-3,5,9H,1,4,11H2/t9-/m0/s1. The molecule has 0 fully saturated rings. The monoisotopic (exact) mass is 167 g/mol. The molecule has 0 saturated carbocycles. The largest absolute Gasteiger partial charge is 0.324 e. The molecule has 0 aromatic heterocycles. The van der Waals surface area contributed by atoms with Crippen molar-refractivity contribution in [2.75, 3.05) is 0 Å². The molecule has 11 heavy (non-hydrogen) atoms. The number of fused-ring (bicyclic) bond motifs is 1. The Balaban J connectivity index is 2.50. The van der Waals surface area contributed by atoms with Gasteiger partial charge < -0.3 is 5.73 Å². The van der Waals surface area contributed by atoms with Crippen molar-refractivity contribution in [1.82, 2.24) is 0 Å². The number of halogens is 1. The summed E-state index contributed by atoms with van der Waals surface area (Å²) >= 11 is 5.83. The molecule has 2 N–H and O–H groups in total. The van der Waals surface area contributed by atoms with Gasteiger partial charge in [-0.25, -0.2) is 0 Å². The molecule has 0 radical (unpaired) electrons. The van der Waals surface area contributed by atoms with Crippen LogP contribution in [0.2, 0.25) is 5.02 Å². The van der Waals surface area contributed by atoms with E-state index in [1.165, 1.54) is 11.1 Å². The SMILES string of the molecule is N[C@H]1CCc2cc(Cl)ccc21. The Kier molecular flexibility index (Phi) is 1.63. The smallest absolute Gasteiger partial charge is 0.0408 e. The van der Waals surface area contributed by atoms with E-state index in [1.807, 2.05) is 18.2 Å². The summed E-state index contributed by atoms with van der Waals surface area (Å²) in [5.74, 6) is 0. The molecule has 0 heterocycles. The Morgan fingerprint density at radius 1 is 1.45 bits per heavy atom. The van der Waals surface area contributed by atoms with E-state index in [2.05, 4.69) is 0 Å². The van der Waals surface area contributed by atoms with Crippen LogP contribution in [0.5, 0.6) is 0 Å². The number of hydrogen-bond acceptors (Lipinski definition) is 1. The molecule has 1 aliphatic rings. The second-order valence-corrected chi connectivity index (χ2v) is 3.42. The first-order chi connectivity index (χ1) is 5.27. The molecule has 1 atom stereocenters. The van der Waals surface area contributed by atoms with Crippen LogP contribution in [0, 0.1) is 0 Å². The lowest BCUT2D eigenvalue weighted by atomic mass is 10.1. The molecule has 0 unspecified atom stereocenters. The third-order valence-corrected chi connectivity index (χ3v) is 2.46. The Morgan fingerprint density at radius 2 is 2.27 bits per heavy atom. The van der Waals surface area contributed by atoms with Gasteiger partial charge in [0.05, 0.1) is 0 Å². The zero-order valence-electron chi connectivity index (χ0n) is 6.18. The van der Waals surface area contributed by atoms with Gasteiger partial charge >= 0.3 is 0 Å². The summed E-state index contributed by atoms with van der Waals surface area (Å²) in [6, 6.07) is 6.20. The summed E-state index contributed by atoms with van der Waals surface area (Å²) in [7, 11) is 0. The number of benzene rings is 1. The molecule has 1 aromatic rings. The fraction of sp³-hybridized carbons (Fsp3) is 0.333. The predicted molar refractivity (Wildman–Crippen MR) is 46.7 cm³/mol. The zero-order valence-corrected chi connectivity index (χ0v) is 6.93. The normalized spacial score (nSPS) is 21.8. The molecule has 58 valence electrons. The van der Waals surface area contributed by atoms with Gasteiger partial charge in [-0.05, 0) is 36.1 Å². The van der Waals surface area contributed by atoms with Crippen molar-refractivity contribution < 1.29 is 0 Å². The van der Waals surface area contributed by atoms with Crippen LogP contribution >= 0.6 is 11.6 Å². The molecule has 0 amide bonds. The van der Waals surface area contributed by atoms with Crippen molar-refractivity contribution in [3.05, 3.63) is 34.3 Å². The highest BCUT2D eigenvalue weighted by Gasteiger charge is 2.18. The minimum absolute atomic E-state index is 0.238. The lowest BCUT2D eigenvalue weighted by molar-refractivity contribution is 0.713. The summed E-state index contributed by atoms with van der Waals surface area (Å²) in [6.45, 7) is 0. The topological polar surface area (TPSA) is 26.0 Å². The van der Waals surface area contributed by atoms with E-state index in [1.54, 1.807) is 0 Å². The molecule has 2 rings (SSSR count). The summed E-state index contributed by atoms with van der Waals surface area (Å²) in [4.78, 5) is 0. The van der Waals surface area contributed by atoms with Gasteiger partial charge in [0.25, 0.3) is 0 Å². The highest BCUT2D eigenvalue weighted by atomic mass is 35.5. The van der Waals surface area contributed by atoms with Gasteiger partial charge in [0.2, 0.25) is 0 Å². The van der Waals surface area contributed by atoms with Gasteiger partial charge in [-0.1, -0.05) is 17.7 Å². The maximum Gasteiger partial charge on any atom is 0.0408 e. The van der Waals surface area contributed by atoms with E-state index in [0.29, 0.717) is 0 Å². The number of nitrogens with two attached hydrogens (primary N) is 1. The van der Waals surface area contributed by atoms with Crippen LogP contribution in [0.15, 0.2) is 18.2 Å². The van der Waals surface area contributed by atoms with E-state index in [0.717, 1.165) is 17.9 Å².